The SMILES string of the molecule is Cc1ccc(OC2CCN(S(=O)(=O)c3ccc(F)c(F)c3)C2)nc1. The Kier molecular flexibility index (Phi) is 4.51. The fraction of sp³-hybridized carbons (Fsp3) is 0.312. The number of rotatable bonds is 4. The molecule has 2 aromatic rings. The van der Waals surface area contributed by atoms with E-state index in [0.29, 0.717) is 18.4 Å². The van der Waals surface area contributed by atoms with Gasteiger partial charge in [-0.2, -0.15) is 4.31 Å². The van der Waals surface area contributed by atoms with Crippen molar-refractivity contribution in [3.63, 3.8) is 0 Å². The first kappa shape index (κ1) is 16.8. The van der Waals surface area contributed by atoms with Crippen LogP contribution in [0.5, 0.6) is 5.88 Å². The van der Waals surface area contributed by atoms with Gasteiger partial charge in [0.2, 0.25) is 15.9 Å². The monoisotopic (exact) mass is 354 g/mol. The number of sulfonamides is 1. The average Bonchev–Trinajstić information content (AvgIpc) is 3.01. The van der Waals surface area contributed by atoms with Crippen LogP contribution in [0.4, 0.5) is 8.78 Å². The molecule has 1 aliphatic heterocycles. The number of pyridine rings is 1. The van der Waals surface area contributed by atoms with Crippen molar-refractivity contribution in [3.05, 3.63) is 53.7 Å². The van der Waals surface area contributed by atoms with E-state index in [4.69, 9.17) is 4.74 Å². The summed E-state index contributed by atoms with van der Waals surface area (Å²) in [6.45, 7) is 2.29. The summed E-state index contributed by atoms with van der Waals surface area (Å²) in [6, 6.07) is 6.14. The molecule has 24 heavy (non-hydrogen) atoms. The molecule has 1 saturated heterocycles. The number of hydrogen-bond donors (Lipinski definition) is 0. The van der Waals surface area contributed by atoms with Crippen molar-refractivity contribution < 1.29 is 21.9 Å². The molecular formula is C16H16F2N2O3S. The van der Waals surface area contributed by atoms with E-state index in [1.165, 1.54) is 4.31 Å². The highest BCUT2D eigenvalue weighted by atomic mass is 32.2. The third-order valence-electron chi connectivity index (χ3n) is 3.81. The van der Waals surface area contributed by atoms with Gasteiger partial charge in [0, 0.05) is 18.8 Å². The smallest absolute Gasteiger partial charge is 0.243 e. The molecule has 0 aliphatic carbocycles. The first-order valence-corrected chi connectivity index (χ1v) is 8.85. The van der Waals surface area contributed by atoms with Crippen LogP contribution < -0.4 is 4.74 Å². The van der Waals surface area contributed by atoms with E-state index in [-0.39, 0.29) is 24.1 Å². The Balaban J connectivity index is 1.72. The zero-order chi connectivity index (χ0) is 17.3. The van der Waals surface area contributed by atoms with E-state index in [1.807, 2.05) is 13.0 Å². The lowest BCUT2D eigenvalue weighted by Gasteiger charge is -2.17. The van der Waals surface area contributed by atoms with Crippen molar-refractivity contribution in [3.8, 4) is 5.88 Å². The highest BCUT2D eigenvalue weighted by molar-refractivity contribution is 7.89. The van der Waals surface area contributed by atoms with Gasteiger partial charge < -0.3 is 4.74 Å². The Bertz CT molecular complexity index is 841. The quantitative estimate of drug-likeness (QED) is 0.847. The van der Waals surface area contributed by atoms with Crippen molar-refractivity contribution in [1.82, 2.24) is 9.29 Å². The summed E-state index contributed by atoms with van der Waals surface area (Å²) in [6.07, 6.45) is 1.83. The second-order valence-electron chi connectivity index (χ2n) is 5.64. The molecule has 1 fully saturated rings. The fourth-order valence-corrected chi connectivity index (χ4v) is 3.99. The third-order valence-corrected chi connectivity index (χ3v) is 5.67. The standard InChI is InChI=1S/C16H16F2N2O3S/c1-11-2-5-16(19-9-11)23-12-6-7-20(10-12)24(21,22)13-3-4-14(17)15(18)8-13/h2-5,8-9,12H,6-7,10H2,1H3. The highest BCUT2D eigenvalue weighted by Gasteiger charge is 2.34. The van der Waals surface area contributed by atoms with Gasteiger partial charge in [-0.05, 0) is 37.1 Å². The van der Waals surface area contributed by atoms with Crippen molar-refractivity contribution >= 4 is 10.0 Å². The van der Waals surface area contributed by atoms with Crippen molar-refractivity contribution in [1.29, 1.82) is 0 Å². The topological polar surface area (TPSA) is 59.5 Å². The minimum Gasteiger partial charge on any atom is -0.473 e. The average molecular weight is 354 g/mol. The predicted octanol–water partition coefficient (Wildman–Crippen LogP) is 2.51. The molecular weight excluding hydrogens is 338 g/mol. The Morgan fingerprint density at radius 3 is 2.67 bits per heavy atom. The maximum absolute atomic E-state index is 13.3. The molecule has 1 unspecified atom stereocenters. The van der Waals surface area contributed by atoms with Gasteiger partial charge in [0.05, 0.1) is 11.4 Å². The van der Waals surface area contributed by atoms with E-state index in [9.17, 15) is 17.2 Å². The normalized spacial score (nSPS) is 18.7. The summed E-state index contributed by atoms with van der Waals surface area (Å²) in [5.41, 5.74) is 0.997. The minimum atomic E-state index is -3.88. The number of benzene rings is 1. The van der Waals surface area contributed by atoms with Crippen LogP contribution in [-0.4, -0.2) is 36.9 Å². The molecule has 5 nitrogen and oxygen atoms in total. The lowest BCUT2D eigenvalue weighted by molar-refractivity contribution is 0.207. The molecule has 0 spiro atoms. The van der Waals surface area contributed by atoms with Gasteiger partial charge in [-0.3, -0.25) is 0 Å². The van der Waals surface area contributed by atoms with E-state index < -0.39 is 21.7 Å². The van der Waals surface area contributed by atoms with Crippen molar-refractivity contribution in [2.75, 3.05) is 13.1 Å². The molecule has 0 bridgehead atoms. The molecule has 128 valence electrons. The number of halogens is 2. The summed E-state index contributed by atoms with van der Waals surface area (Å²) in [4.78, 5) is 3.86. The number of nitrogens with zero attached hydrogens (tertiary/aromatic N) is 2. The summed E-state index contributed by atoms with van der Waals surface area (Å²) < 4.78 is 58.2. The molecule has 8 heteroatoms. The fourth-order valence-electron chi connectivity index (χ4n) is 2.49. The van der Waals surface area contributed by atoms with Crippen LogP contribution >= 0.6 is 0 Å². The van der Waals surface area contributed by atoms with Crippen LogP contribution in [0.15, 0.2) is 41.4 Å². The second kappa shape index (κ2) is 6.45. The van der Waals surface area contributed by atoms with Gasteiger partial charge in [-0.25, -0.2) is 22.2 Å². The Hall–Kier alpha value is -2.06. The van der Waals surface area contributed by atoms with E-state index in [1.54, 1.807) is 12.3 Å². The maximum Gasteiger partial charge on any atom is 0.243 e. The number of aryl methyl sites for hydroxylation is 1. The molecule has 0 radical (unpaired) electrons. The summed E-state index contributed by atoms with van der Waals surface area (Å²) in [5.74, 6) is -1.84. The van der Waals surface area contributed by atoms with Crippen molar-refractivity contribution in [2.45, 2.75) is 24.3 Å². The molecule has 1 aliphatic rings. The van der Waals surface area contributed by atoms with Crippen LogP contribution in [0.2, 0.25) is 0 Å². The van der Waals surface area contributed by atoms with Gasteiger partial charge in [0.25, 0.3) is 0 Å². The Labute approximate surface area is 138 Å². The number of ether oxygens (including phenoxy) is 1. The molecule has 0 saturated carbocycles. The number of aromatic nitrogens is 1. The first-order valence-electron chi connectivity index (χ1n) is 7.41. The summed E-state index contributed by atoms with van der Waals surface area (Å²) in [7, 11) is -3.88. The number of hydrogen-bond acceptors (Lipinski definition) is 4. The van der Waals surface area contributed by atoms with Crippen molar-refractivity contribution in [2.24, 2.45) is 0 Å². The molecule has 2 heterocycles. The van der Waals surface area contributed by atoms with Gasteiger partial charge in [-0.15, -0.1) is 0 Å². The molecule has 1 atom stereocenters. The Morgan fingerprint density at radius 2 is 2.00 bits per heavy atom. The highest BCUT2D eigenvalue weighted by Crippen LogP contribution is 2.24. The predicted molar refractivity (Wildman–Crippen MR) is 83.1 cm³/mol. The largest absolute Gasteiger partial charge is 0.473 e. The van der Waals surface area contributed by atoms with Crippen LogP contribution in [0, 0.1) is 18.6 Å². The van der Waals surface area contributed by atoms with Crippen LogP contribution in [0.1, 0.15) is 12.0 Å². The van der Waals surface area contributed by atoms with Gasteiger partial charge in [0.1, 0.15) is 6.10 Å². The van der Waals surface area contributed by atoms with Gasteiger partial charge in [-0.1, -0.05) is 6.07 Å². The molecule has 3 rings (SSSR count). The molecule has 1 aromatic heterocycles. The van der Waals surface area contributed by atoms with E-state index in [0.717, 1.165) is 17.7 Å². The molecule has 0 N–H and O–H groups in total. The first-order chi connectivity index (χ1) is 11.4. The van der Waals surface area contributed by atoms with Gasteiger partial charge in [0.15, 0.2) is 11.6 Å². The molecule has 1 aromatic carbocycles. The lowest BCUT2D eigenvalue weighted by Crippen LogP contribution is -2.31. The van der Waals surface area contributed by atoms with Crippen LogP contribution in [0.3, 0.4) is 0 Å². The summed E-state index contributed by atoms with van der Waals surface area (Å²) >= 11 is 0. The van der Waals surface area contributed by atoms with Gasteiger partial charge >= 0.3 is 0 Å². The summed E-state index contributed by atoms with van der Waals surface area (Å²) in [5, 5.41) is 0. The van der Waals surface area contributed by atoms with E-state index >= 15 is 0 Å². The second-order valence-corrected chi connectivity index (χ2v) is 7.58. The zero-order valence-corrected chi connectivity index (χ0v) is 13.8. The zero-order valence-electron chi connectivity index (χ0n) is 12.9. The van der Waals surface area contributed by atoms with Crippen LogP contribution in [-0.2, 0) is 10.0 Å². The molecule has 0 amide bonds. The van der Waals surface area contributed by atoms with E-state index in [2.05, 4.69) is 4.98 Å². The Morgan fingerprint density at radius 1 is 1.21 bits per heavy atom. The minimum absolute atomic E-state index is 0.136. The van der Waals surface area contributed by atoms with Crippen LogP contribution in [0.25, 0.3) is 0 Å². The third kappa shape index (κ3) is 3.39. The lowest BCUT2D eigenvalue weighted by atomic mass is 10.3. The maximum atomic E-state index is 13.3.